The summed E-state index contributed by atoms with van der Waals surface area (Å²) in [6, 6.07) is 5.44. The minimum atomic E-state index is -0.161. The molecule has 0 unspecified atom stereocenters. The van der Waals surface area contributed by atoms with Crippen molar-refractivity contribution in [2.24, 2.45) is 5.92 Å². The van der Waals surface area contributed by atoms with Crippen molar-refractivity contribution in [1.29, 1.82) is 0 Å². The molecule has 0 radical (unpaired) electrons. The molecule has 1 saturated heterocycles. The molecule has 8 heteroatoms. The number of urea groups is 1. The highest BCUT2D eigenvalue weighted by molar-refractivity contribution is 5.73. The van der Waals surface area contributed by atoms with Gasteiger partial charge in [0.25, 0.3) is 0 Å². The molecule has 0 bridgehead atoms. The Morgan fingerprint density at radius 2 is 1.93 bits per heavy atom. The van der Waals surface area contributed by atoms with Crippen LogP contribution in [0.2, 0.25) is 0 Å². The molecule has 150 valence electrons. The van der Waals surface area contributed by atoms with Gasteiger partial charge in [0.15, 0.2) is 11.5 Å². The second kappa shape index (κ2) is 9.77. The second-order valence-corrected chi connectivity index (χ2v) is 6.75. The zero-order valence-electron chi connectivity index (χ0n) is 16.4. The Morgan fingerprint density at radius 1 is 1.14 bits per heavy atom. The third-order valence-corrected chi connectivity index (χ3v) is 4.94. The van der Waals surface area contributed by atoms with Crippen LogP contribution >= 0.6 is 0 Å². The number of anilines is 1. The van der Waals surface area contributed by atoms with E-state index in [0.29, 0.717) is 30.5 Å². The third kappa shape index (κ3) is 5.25. The van der Waals surface area contributed by atoms with Crippen molar-refractivity contribution >= 4 is 11.8 Å². The number of rotatable bonds is 7. The van der Waals surface area contributed by atoms with Crippen molar-refractivity contribution in [1.82, 2.24) is 20.6 Å². The summed E-state index contributed by atoms with van der Waals surface area (Å²) in [5.41, 5.74) is 0.949. The molecule has 1 aromatic carbocycles. The van der Waals surface area contributed by atoms with Gasteiger partial charge in [-0.1, -0.05) is 6.07 Å². The fourth-order valence-electron chi connectivity index (χ4n) is 3.29. The first-order chi connectivity index (χ1) is 13.7. The van der Waals surface area contributed by atoms with Gasteiger partial charge in [-0.3, -0.25) is 4.98 Å². The number of carbonyl (C=O) groups is 1. The van der Waals surface area contributed by atoms with Crippen molar-refractivity contribution in [2.45, 2.75) is 19.4 Å². The van der Waals surface area contributed by atoms with Gasteiger partial charge >= 0.3 is 6.03 Å². The normalized spacial score (nSPS) is 14.4. The first-order valence-electron chi connectivity index (χ1n) is 9.43. The van der Waals surface area contributed by atoms with Crippen molar-refractivity contribution in [3.05, 3.63) is 42.4 Å². The number of nitrogens with one attached hydrogen (secondary N) is 2. The molecule has 0 aliphatic carbocycles. The lowest BCUT2D eigenvalue weighted by atomic mass is 9.97. The fraction of sp³-hybridized carbons (Fsp3) is 0.450. The van der Waals surface area contributed by atoms with Gasteiger partial charge in [0, 0.05) is 38.6 Å². The zero-order valence-corrected chi connectivity index (χ0v) is 16.4. The number of nitrogens with zero attached hydrogens (tertiary/aromatic N) is 3. The Hall–Kier alpha value is -3.03. The molecule has 1 fully saturated rings. The third-order valence-electron chi connectivity index (χ3n) is 4.94. The van der Waals surface area contributed by atoms with E-state index in [9.17, 15) is 4.79 Å². The summed E-state index contributed by atoms with van der Waals surface area (Å²) < 4.78 is 10.5. The van der Waals surface area contributed by atoms with Crippen LogP contribution in [0.15, 0.2) is 36.8 Å². The van der Waals surface area contributed by atoms with E-state index < -0.39 is 0 Å². The summed E-state index contributed by atoms with van der Waals surface area (Å²) in [4.78, 5) is 22.8. The maximum atomic E-state index is 12.1. The van der Waals surface area contributed by atoms with Crippen molar-refractivity contribution in [3.8, 4) is 11.5 Å². The summed E-state index contributed by atoms with van der Waals surface area (Å²) in [5, 5.41) is 5.86. The maximum Gasteiger partial charge on any atom is 0.315 e. The molecule has 1 aromatic heterocycles. The van der Waals surface area contributed by atoms with Crippen LogP contribution in [0.3, 0.4) is 0 Å². The number of carbonyl (C=O) groups excluding carboxylic acids is 1. The summed E-state index contributed by atoms with van der Waals surface area (Å²) in [6.45, 7) is 2.96. The molecule has 0 saturated carbocycles. The van der Waals surface area contributed by atoms with Gasteiger partial charge in [-0.15, -0.1) is 0 Å². The number of hydrogen-bond acceptors (Lipinski definition) is 6. The Labute approximate surface area is 165 Å². The summed E-state index contributed by atoms with van der Waals surface area (Å²) >= 11 is 0. The number of methoxy groups -OCH3 is 2. The second-order valence-electron chi connectivity index (χ2n) is 6.75. The average Bonchev–Trinajstić information content (AvgIpc) is 2.77. The van der Waals surface area contributed by atoms with Crippen molar-refractivity contribution in [3.63, 3.8) is 0 Å². The molecular weight excluding hydrogens is 358 g/mol. The van der Waals surface area contributed by atoms with Crippen LogP contribution in [0, 0.1) is 5.92 Å². The van der Waals surface area contributed by atoms with E-state index in [1.54, 1.807) is 32.8 Å². The lowest BCUT2D eigenvalue weighted by Crippen LogP contribution is -2.42. The first kappa shape index (κ1) is 19.7. The molecule has 28 heavy (non-hydrogen) atoms. The van der Waals surface area contributed by atoms with Crippen molar-refractivity contribution in [2.75, 3.05) is 38.8 Å². The lowest BCUT2D eigenvalue weighted by Gasteiger charge is -2.32. The first-order valence-corrected chi connectivity index (χ1v) is 9.43. The number of benzene rings is 1. The highest BCUT2D eigenvalue weighted by atomic mass is 16.5. The van der Waals surface area contributed by atoms with Gasteiger partial charge < -0.3 is 25.0 Å². The Bertz CT molecular complexity index is 764. The molecule has 2 amide bonds. The molecular formula is C20H27N5O3. The number of ether oxygens (including phenoxy) is 2. The summed E-state index contributed by atoms with van der Waals surface area (Å²) in [7, 11) is 3.19. The van der Waals surface area contributed by atoms with E-state index in [2.05, 4.69) is 25.5 Å². The molecule has 0 spiro atoms. The van der Waals surface area contributed by atoms with Gasteiger partial charge in [-0.25, -0.2) is 9.78 Å². The van der Waals surface area contributed by atoms with Crippen LogP contribution in [0.25, 0.3) is 0 Å². The molecule has 0 atom stereocenters. The summed E-state index contributed by atoms with van der Waals surface area (Å²) in [5.74, 6) is 2.71. The summed E-state index contributed by atoms with van der Waals surface area (Å²) in [6.07, 6.45) is 7.23. The smallest absolute Gasteiger partial charge is 0.315 e. The van der Waals surface area contributed by atoms with Crippen LogP contribution < -0.4 is 25.0 Å². The minimum Gasteiger partial charge on any atom is -0.493 e. The Kier molecular flexibility index (Phi) is 6.89. The van der Waals surface area contributed by atoms with E-state index >= 15 is 0 Å². The monoisotopic (exact) mass is 385 g/mol. The molecule has 8 nitrogen and oxygen atoms in total. The van der Waals surface area contributed by atoms with Crippen LogP contribution in [0.1, 0.15) is 18.4 Å². The standard InChI is InChI=1S/C20H27N5O3/c1-27-17-4-3-16(11-18(17)28-2)13-24-20(26)23-12-15-5-9-25(10-6-15)19-14-21-7-8-22-19/h3-4,7-8,11,14-15H,5-6,9-10,12-13H2,1-2H3,(H2,23,24,26). The number of piperidine rings is 1. The SMILES string of the molecule is COc1ccc(CNC(=O)NCC2CCN(c3cnccn3)CC2)cc1OC. The van der Waals surface area contributed by atoms with Crippen LogP contribution in [-0.4, -0.2) is 49.9 Å². The largest absolute Gasteiger partial charge is 0.493 e. The topological polar surface area (TPSA) is 88.6 Å². The Balaban J connectivity index is 1.38. The predicted octanol–water partition coefficient (Wildman–Crippen LogP) is 2.21. The average molecular weight is 385 g/mol. The molecule has 1 aliphatic rings. The maximum absolute atomic E-state index is 12.1. The highest BCUT2D eigenvalue weighted by Crippen LogP contribution is 2.27. The fourth-order valence-corrected chi connectivity index (χ4v) is 3.29. The molecule has 2 heterocycles. The van der Waals surface area contributed by atoms with Gasteiger partial charge in [-0.2, -0.15) is 0 Å². The predicted molar refractivity (Wildman–Crippen MR) is 107 cm³/mol. The number of amides is 2. The quantitative estimate of drug-likeness (QED) is 0.760. The Morgan fingerprint density at radius 3 is 2.61 bits per heavy atom. The van der Waals surface area contributed by atoms with Crippen LogP contribution in [-0.2, 0) is 6.54 Å². The van der Waals surface area contributed by atoms with Gasteiger partial charge in [-0.05, 0) is 36.5 Å². The van der Waals surface area contributed by atoms with Crippen LogP contribution in [0.5, 0.6) is 11.5 Å². The molecule has 2 N–H and O–H groups in total. The molecule has 2 aromatic rings. The van der Waals surface area contributed by atoms with Gasteiger partial charge in [0.05, 0.1) is 20.4 Å². The van der Waals surface area contributed by atoms with E-state index in [0.717, 1.165) is 37.3 Å². The molecule has 1 aliphatic heterocycles. The lowest BCUT2D eigenvalue weighted by molar-refractivity contribution is 0.237. The molecule has 3 rings (SSSR count). The van der Waals surface area contributed by atoms with E-state index in [1.165, 1.54) is 0 Å². The highest BCUT2D eigenvalue weighted by Gasteiger charge is 2.20. The van der Waals surface area contributed by atoms with Crippen LogP contribution in [0.4, 0.5) is 10.6 Å². The van der Waals surface area contributed by atoms with Gasteiger partial charge in [0.2, 0.25) is 0 Å². The van der Waals surface area contributed by atoms with E-state index in [4.69, 9.17) is 9.47 Å². The van der Waals surface area contributed by atoms with Crippen molar-refractivity contribution < 1.29 is 14.3 Å². The van der Waals surface area contributed by atoms with E-state index in [-0.39, 0.29) is 6.03 Å². The van der Waals surface area contributed by atoms with Gasteiger partial charge in [0.1, 0.15) is 5.82 Å². The number of aromatic nitrogens is 2. The minimum absolute atomic E-state index is 0.161. The van der Waals surface area contributed by atoms with E-state index in [1.807, 2.05) is 18.2 Å². The number of hydrogen-bond donors (Lipinski definition) is 2. The zero-order chi connectivity index (χ0) is 19.8.